The largest absolute Gasteiger partial charge is 0.496 e. The van der Waals surface area contributed by atoms with E-state index in [2.05, 4.69) is 61.8 Å². The minimum Gasteiger partial charge on any atom is -0.496 e. The van der Waals surface area contributed by atoms with Gasteiger partial charge in [-0.3, -0.25) is 0 Å². The Morgan fingerprint density at radius 3 is 2.29 bits per heavy atom. The molecule has 0 aliphatic carbocycles. The number of ether oxygens (including phenoxy) is 1. The zero-order valence-electron chi connectivity index (χ0n) is 13.1. The van der Waals surface area contributed by atoms with E-state index in [0.717, 1.165) is 12.3 Å². The number of aryl methyl sites for hydroxylation is 1. The highest BCUT2D eigenvalue weighted by Gasteiger charge is 2.14. The van der Waals surface area contributed by atoms with E-state index in [0.29, 0.717) is 0 Å². The molecule has 0 aliphatic heterocycles. The van der Waals surface area contributed by atoms with Crippen LogP contribution in [-0.4, -0.2) is 19.9 Å². The second kappa shape index (κ2) is 7.53. The summed E-state index contributed by atoms with van der Waals surface area (Å²) in [5.74, 6) is 0.937. The molecule has 2 rings (SSSR count). The van der Waals surface area contributed by atoms with Gasteiger partial charge in [0, 0.05) is 4.90 Å². The van der Waals surface area contributed by atoms with Gasteiger partial charge in [0.25, 0.3) is 0 Å². The molecule has 0 radical (unpaired) electrons. The summed E-state index contributed by atoms with van der Waals surface area (Å²) in [7, 11) is 1.71. The van der Waals surface area contributed by atoms with Crippen molar-refractivity contribution in [3.8, 4) is 5.75 Å². The van der Waals surface area contributed by atoms with Crippen molar-refractivity contribution in [2.45, 2.75) is 24.8 Å². The number of thioether (sulfide) groups is 1. The summed E-state index contributed by atoms with van der Waals surface area (Å²) in [5.41, 5.74) is 3.73. The van der Waals surface area contributed by atoms with Gasteiger partial charge in [-0.2, -0.15) is 0 Å². The van der Waals surface area contributed by atoms with E-state index < -0.39 is 0 Å². The molecule has 1 unspecified atom stereocenters. The summed E-state index contributed by atoms with van der Waals surface area (Å²) in [6.45, 7) is 5.15. The van der Waals surface area contributed by atoms with E-state index in [1.54, 1.807) is 18.9 Å². The van der Waals surface area contributed by atoms with Gasteiger partial charge in [-0.1, -0.05) is 31.2 Å². The van der Waals surface area contributed by atoms with Crippen LogP contribution in [0.15, 0.2) is 47.4 Å². The molecular weight excluding hydrogens is 278 g/mol. The van der Waals surface area contributed by atoms with Crippen molar-refractivity contribution < 1.29 is 4.74 Å². The Morgan fingerprint density at radius 1 is 1.10 bits per heavy atom. The van der Waals surface area contributed by atoms with E-state index in [4.69, 9.17) is 4.74 Å². The zero-order valence-corrected chi connectivity index (χ0v) is 14.0. The summed E-state index contributed by atoms with van der Waals surface area (Å²) in [6.07, 6.45) is 2.10. The van der Waals surface area contributed by atoms with Crippen LogP contribution in [0.5, 0.6) is 5.75 Å². The lowest BCUT2D eigenvalue weighted by Crippen LogP contribution is -2.22. The van der Waals surface area contributed by atoms with Crippen molar-refractivity contribution >= 4 is 11.8 Å². The van der Waals surface area contributed by atoms with Gasteiger partial charge in [0.05, 0.1) is 13.2 Å². The molecule has 2 aromatic carbocycles. The number of hydrogen-bond acceptors (Lipinski definition) is 3. The van der Waals surface area contributed by atoms with Gasteiger partial charge in [-0.25, -0.2) is 0 Å². The van der Waals surface area contributed by atoms with Gasteiger partial charge in [0.15, 0.2) is 0 Å². The Bertz CT molecular complexity index is 580. The fraction of sp³-hybridized carbons (Fsp3) is 0.333. The zero-order chi connectivity index (χ0) is 15.2. The SMILES string of the molecule is CCNC(c1ccc(SC)cc1)c1ccc(OC)c(C)c1. The molecule has 0 amide bonds. The minimum absolute atomic E-state index is 0.218. The molecule has 0 aromatic heterocycles. The monoisotopic (exact) mass is 301 g/mol. The highest BCUT2D eigenvalue weighted by atomic mass is 32.2. The third kappa shape index (κ3) is 3.80. The van der Waals surface area contributed by atoms with Crippen molar-refractivity contribution in [2.75, 3.05) is 19.9 Å². The van der Waals surface area contributed by atoms with Crippen LogP contribution < -0.4 is 10.1 Å². The Labute approximate surface area is 131 Å². The molecule has 0 spiro atoms. The van der Waals surface area contributed by atoms with Crippen LogP contribution in [0.4, 0.5) is 0 Å². The third-order valence-corrected chi connectivity index (χ3v) is 4.35. The van der Waals surface area contributed by atoms with Crippen LogP contribution in [0.3, 0.4) is 0 Å². The molecule has 0 saturated heterocycles. The van der Waals surface area contributed by atoms with Gasteiger partial charge < -0.3 is 10.1 Å². The van der Waals surface area contributed by atoms with E-state index in [-0.39, 0.29) is 6.04 Å². The molecule has 1 N–H and O–H groups in total. The second-order valence-electron chi connectivity index (χ2n) is 4.99. The maximum atomic E-state index is 5.35. The molecule has 0 fully saturated rings. The Hall–Kier alpha value is -1.45. The lowest BCUT2D eigenvalue weighted by Gasteiger charge is -2.20. The summed E-state index contributed by atoms with van der Waals surface area (Å²) in [6, 6.07) is 15.4. The Balaban J connectivity index is 2.35. The Kier molecular flexibility index (Phi) is 5.71. The van der Waals surface area contributed by atoms with Gasteiger partial charge in [0.1, 0.15) is 5.75 Å². The van der Waals surface area contributed by atoms with Crippen molar-refractivity contribution in [1.29, 1.82) is 0 Å². The van der Waals surface area contributed by atoms with Crippen molar-refractivity contribution in [3.05, 3.63) is 59.2 Å². The van der Waals surface area contributed by atoms with Crippen LogP contribution in [-0.2, 0) is 0 Å². The summed E-state index contributed by atoms with van der Waals surface area (Å²) < 4.78 is 5.35. The number of hydrogen-bond donors (Lipinski definition) is 1. The van der Waals surface area contributed by atoms with Crippen LogP contribution in [0, 0.1) is 6.92 Å². The number of benzene rings is 2. The maximum absolute atomic E-state index is 5.35. The minimum atomic E-state index is 0.218. The molecule has 0 heterocycles. The molecule has 3 heteroatoms. The number of methoxy groups -OCH3 is 1. The summed E-state index contributed by atoms with van der Waals surface area (Å²) in [5, 5.41) is 3.57. The van der Waals surface area contributed by atoms with Gasteiger partial charge in [-0.05, 0) is 54.6 Å². The average Bonchev–Trinajstić information content (AvgIpc) is 2.52. The van der Waals surface area contributed by atoms with Crippen molar-refractivity contribution in [3.63, 3.8) is 0 Å². The lowest BCUT2D eigenvalue weighted by molar-refractivity contribution is 0.411. The fourth-order valence-corrected chi connectivity index (χ4v) is 2.92. The molecule has 112 valence electrons. The lowest BCUT2D eigenvalue weighted by atomic mass is 9.97. The first-order valence-corrected chi connectivity index (χ1v) is 8.44. The number of rotatable bonds is 6. The first-order chi connectivity index (χ1) is 10.2. The van der Waals surface area contributed by atoms with E-state index in [1.165, 1.54) is 21.6 Å². The maximum Gasteiger partial charge on any atom is 0.121 e. The topological polar surface area (TPSA) is 21.3 Å². The van der Waals surface area contributed by atoms with Gasteiger partial charge >= 0.3 is 0 Å². The van der Waals surface area contributed by atoms with Crippen LogP contribution in [0.2, 0.25) is 0 Å². The van der Waals surface area contributed by atoms with Crippen molar-refractivity contribution in [2.24, 2.45) is 0 Å². The smallest absolute Gasteiger partial charge is 0.121 e. The molecule has 1 atom stereocenters. The molecule has 0 saturated carbocycles. The van der Waals surface area contributed by atoms with Crippen LogP contribution in [0.25, 0.3) is 0 Å². The second-order valence-corrected chi connectivity index (χ2v) is 5.87. The first-order valence-electron chi connectivity index (χ1n) is 7.21. The molecule has 21 heavy (non-hydrogen) atoms. The molecule has 2 aromatic rings. The fourth-order valence-electron chi connectivity index (χ4n) is 2.51. The van der Waals surface area contributed by atoms with Crippen LogP contribution in [0.1, 0.15) is 29.7 Å². The predicted octanol–water partition coefficient (Wildman–Crippen LogP) is 4.42. The first kappa shape index (κ1) is 15.9. The molecule has 2 nitrogen and oxygen atoms in total. The predicted molar refractivity (Wildman–Crippen MR) is 91.5 cm³/mol. The number of nitrogens with one attached hydrogen (secondary N) is 1. The van der Waals surface area contributed by atoms with E-state index in [9.17, 15) is 0 Å². The van der Waals surface area contributed by atoms with Crippen LogP contribution >= 0.6 is 11.8 Å². The standard InChI is InChI=1S/C18H23NOS/c1-5-19-18(14-6-9-16(21-4)10-7-14)15-8-11-17(20-3)13(2)12-15/h6-12,18-19H,5H2,1-4H3. The quantitative estimate of drug-likeness (QED) is 0.798. The van der Waals surface area contributed by atoms with E-state index >= 15 is 0 Å². The normalized spacial score (nSPS) is 12.2. The molecule has 0 bridgehead atoms. The Morgan fingerprint density at radius 2 is 1.76 bits per heavy atom. The summed E-state index contributed by atoms with van der Waals surface area (Å²) in [4.78, 5) is 1.29. The van der Waals surface area contributed by atoms with Crippen molar-refractivity contribution in [1.82, 2.24) is 5.32 Å². The summed E-state index contributed by atoms with van der Waals surface area (Å²) >= 11 is 1.77. The molecular formula is C18H23NOS. The molecule has 0 aliphatic rings. The highest BCUT2D eigenvalue weighted by molar-refractivity contribution is 7.98. The van der Waals surface area contributed by atoms with E-state index in [1.807, 2.05) is 6.07 Å². The highest BCUT2D eigenvalue weighted by Crippen LogP contribution is 2.28. The van der Waals surface area contributed by atoms with Gasteiger partial charge in [0.2, 0.25) is 0 Å². The van der Waals surface area contributed by atoms with Gasteiger partial charge in [-0.15, -0.1) is 11.8 Å². The third-order valence-electron chi connectivity index (χ3n) is 3.61. The average molecular weight is 301 g/mol.